The number of carbonyl (C=O) groups excluding carboxylic acids is 1. The van der Waals surface area contributed by atoms with Crippen LogP contribution in [-0.2, 0) is 15.3 Å². The highest BCUT2D eigenvalue weighted by atomic mass is 32.2. The van der Waals surface area contributed by atoms with Crippen molar-refractivity contribution in [3.63, 3.8) is 0 Å². The largest absolute Gasteiger partial charge is 0.508 e. The number of rotatable bonds is 7. The van der Waals surface area contributed by atoms with Crippen molar-refractivity contribution in [3.8, 4) is 11.5 Å². The highest BCUT2D eigenvalue weighted by Gasteiger charge is 2.27. The van der Waals surface area contributed by atoms with Gasteiger partial charge in [-0.3, -0.25) is 9.59 Å². The summed E-state index contributed by atoms with van der Waals surface area (Å²) in [5.74, 6) is -1.17. The van der Waals surface area contributed by atoms with E-state index < -0.39 is 23.1 Å². The van der Waals surface area contributed by atoms with Crippen LogP contribution in [0.3, 0.4) is 0 Å². The minimum atomic E-state index is -0.793. The standard InChI is InChI=1S/C24H24O6S/c1-14-7-8-21(15(2)9-14)31-13-18-11-20(26)23(28)24(30-18)19(12-22(27)29-3)16-5-4-6-17(25)10-16/h4-11,19,25,28H,12-13H2,1-3H3/t19-/m0/s1. The van der Waals surface area contributed by atoms with Gasteiger partial charge in [0.15, 0.2) is 5.76 Å². The van der Waals surface area contributed by atoms with E-state index in [0.717, 1.165) is 16.0 Å². The normalized spacial score (nSPS) is 11.8. The van der Waals surface area contributed by atoms with E-state index in [9.17, 15) is 19.8 Å². The number of ether oxygens (including phenoxy) is 1. The third kappa shape index (κ3) is 5.49. The number of carbonyl (C=O) groups is 1. The van der Waals surface area contributed by atoms with E-state index in [4.69, 9.17) is 9.15 Å². The Labute approximate surface area is 184 Å². The molecule has 0 amide bonds. The Morgan fingerprint density at radius 2 is 1.90 bits per heavy atom. The molecule has 0 spiro atoms. The Balaban J connectivity index is 1.98. The van der Waals surface area contributed by atoms with Crippen LogP contribution in [0.2, 0.25) is 0 Å². The summed E-state index contributed by atoms with van der Waals surface area (Å²) in [6.45, 7) is 4.04. The Kier molecular flexibility index (Phi) is 7.07. The van der Waals surface area contributed by atoms with Gasteiger partial charge in [-0.1, -0.05) is 29.8 Å². The molecule has 0 radical (unpaired) electrons. The van der Waals surface area contributed by atoms with Crippen molar-refractivity contribution in [1.29, 1.82) is 0 Å². The van der Waals surface area contributed by atoms with Gasteiger partial charge in [-0.2, -0.15) is 0 Å². The predicted octanol–water partition coefficient (Wildman–Crippen LogP) is 4.66. The molecule has 1 aromatic heterocycles. The van der Waals surface area contributed by atoms with Gasteiger partial charge in [0.1, 0.15) is 11.5 Å². The first kappa shape index (κ1) is 22.5. The van der Waals surface area contributed by atoms with Gasteiger partial charge in [-0.25, -0.2) is 0 Å². The average Bonchev–Trinajstić information content (AvgIpc) is 2.73. The molecule has 0 bridgehead atoms. The second-order valence-electron chi connectivity index (χ2n) is 7.28. The topological polar surface area (TPSA) is 97.0 Å². The lowest BCUT2D eigenvalue weighted by Crippen LogP contribution is -2.14. The van der Waals surface area contributed by atoms with Gasteiger partial charge in [0.25, 0.3) is 0 Å². The summed E-state index contributed by atoms with van der Waals surface area (Å²) in [7, 11) is 1.26. The zero-order valence-electron chi connectivity index (χ0n) is 17.5. The van der Waals surface area contributed by atoms with Crippen molar-refractivity contribution in [2.24, 2.45) is 0 Å². The van der Waals surface area contributed by atoms with Crippen LogP contribution in [-0.4, -0.2) is 23.3 Å². The third-order valence-electron chi connectivity index (χ3n) is 4.89. The zero-order chi connectivity index (χ0) is 22.5. The highest BCUT2D eigenvalue weighted by Crippen LogP contribution is 2.35. The summed E-state index contributed by atoms with van der Waals surface area (Å²) in [6, 6.07) is 13.6. The first-order valence-electron chi connectivity index (χ1n) is 9.70. The first-order chi connectivity index (χ1) is 14.8. The maximum Gasteiger partial charge on any atom is 0.306 e. The van der Waals surface area contributed by atoms with Gasteiger partial charge in [-0.15, -0.1) is 11.8 Å². The number of benzene rings is 2. The van der Waals surface area contributed by atoms with Crippen LogP contribution < -0.4 is 5.43 Å². The van der Waals surface area contributed by atoms with Crippen LogP contribution >= 0.6 is 11.8 Å². The van der Waals surface area contributed by atoms with Crippen LogP contribution in [0.4, 0.5) is 0 Å². The Morgan fingerprint density at radius 1 is 1.13 bits per heavy atom. The molecule has 31 heavy (non-hydrogen) atoms. The molecule has 0 aliphatic rings. The lowest BCUT2D eigenvalue weighted by molar-refractivity contribution is -0.140. The third-order valence-corrected chi connectivity index (χ3v) is 6.09. The van der Waals surface area contributed by atoms with E-state index in [1.807, 2.05) is 26.0 Å². The lowest BCUT2D eigenvalue weighted by Gasteiger charge is -2.17. The fourth-order valence-electron chi connectivity index (χ4n) is 3.33. The number of aryl methyl sites for hydroxylation is 2. The fourth-order valence-corrected chi connectivity index (χ4v) is 4.22. The number of hydrogen-bond donors (Lipinski definition) is 2. The molecule has 162 valence electrons. The van der Waals surface area contributed by atoms with E-state index >= 15 is 0 Å². The van der Waals surface area contributed by atoms with Crippen molar-refractivity contribution in [2.75, 3.05) is 7.11 Å². The van der Waals surface area contributed by atoms with Crippen molar-refractivity contribution < 1.29 is 24.2 Å². The maximum absolute atomic E-state index is 12.5. The minimum absolute atomic E-state index is 0.00393. The summed E-state index contributed by atoms with van der Waals surface area (Å²) in [5, 5.41) is 20.3. The average molecular weight is 441 g/mol. The molecule has 0 aliphatic heterocycles. The predicted molar refractivity (Wildman–Crippen MR) is 119 cm³/mol. The van der Waals surface area contributed by atoms with E-state index in [1.54, 1.807) is 12.1 Å². The Bertz CT molecular complexity index is 1150. The van der Waals surface area contributed by atoms with Crippen LogP contribution in [0.25, 0.3) is 0 Å². The fraction of sp³-hybridized carbons (Fsp3) is 0.250. The summed E-state index contributed by atoms with van der Waals surface area (Å²) in [6.07, 6.45) is -0.163. The van der Waals surface area contributed by atoms with Crippen molar-refractivity contribution in [3.05, 3.63) is 87.0 Å². The summed E-state index contributed by atoms with van der Waals surface area (Å²) < 4.78 is 10.7. The van der Waals surface area contributed by atoms with E-state index in [2.05, 4.69) is 6.07 Å². The highest BCUT2D eigenvalue weighted by molar-refractivity contribution is 7.98. The number of phenolic OH excluding ortho intramolecular Hbond substituents is 1. The number of esters is 1. The van der Waals surface area contributed by atoms with E-state index in [1.165, 1.54) is 37.1 Å². The molecular formula is C24H24O6S. The second-order valence-corrected chi connectivity index (χ2v) is 8.29. The lowest BCUT2D eigenvalue weighted by atomic mass is 9.92. The Morgan fingerprint density at radius 3 is 2.58 bits per heavy atom. The molecule has 2 aromatic carbocycles. The van der Waals surface area contributed by atoms with Crippen LogP contribution in [0.5, 0.6) is 11.5 Å². The number of phenols is 1. The molecule has 2 N–H and O–H groups in total. The molecule has 1 atom stereocenters. The molecule has 1 heterocycles. The maximum atomic E-state index is 12.5. The van der Waals surface area contributed by atoms with E-state index in [0.29, 0.717) is 17.1 Å². The zero-order valence-corrected chi connectivity index (χ0v) is 18.4. The molecule has 3 rings (SSSR count). The quantitative estimate of drug-likeness (QED) is 0.407. The number of hydrogen-bond acceptors (Lipinski definition) is 7. The van der Waals surface area contributed by atoms with Crippen LogP contribution in [0, 0.1) is 13.8 Å². The number of aromatic hydroxyl groups is 2. The van der Waals surface area contributed by atoms with Crippen LogP contribution in [0.15, 0.2) is 62.6 Å². The molecule has 6 nitrogen and oxygen atoms in total. The second kappa shape index (κ2) is 9.75. The molecule has 0 aliphatic carbocycles. The monoisotopic (exact) mass is 440 g/mol. The molecule has 0 saturated carbocycles. The molecule has 0 saturated heterocycles. The summed E-state index contributed by atoms with van der Waals surface area (Å²) >= 11 is 1.51. The van der Waals surface area contributed by atoms with Gasteiger partial charge >= 0.3 is 5.97 Å². The molecule has 0 unspecified atom stereocenters. The van der Waals surface area contributed by atoms with Gasteiger partial charge in [-0.05, 0) is 43.2 Å². The van der Waals surface area contributed by atoms with E-state index in [-0.39, 0.29) is 17.9 Å². The van der Waals surface area contributed by atoms with Gasteiger partial charge in [0.2, 0.25) is 11.2 Å². The minimum Gasteiger partial charge on any atom is -0.508 e. The van der Waals surface area contributed by atoms with Crippen LogP contribution in [0.1, 0.15) is 40.5 Å². The first-order valence-corrected chi connectivity index (χ1v) is 10.7. The summed E-state index contributed by atoms with van der Waals surface area (Å²) in [4.78, 5) is 25.5. The van der Waals surface area contributed by atoms with Crippen molar-refractivity contribution >= 4 is 17.7 Å². The number of methoxy groups -OCH3 is 1. The van der Waals surface area contributed by atoms with Crippen molar-refractivity contribution in [1.82, 2.24) is 0 Å². The molecule has 3 aromatic rings. The van der Waals surface area contributed by atoms with Crippen molar-refractivity contribution in [2.45, 2.75) is 36.8 Å². The van der Waals surface area contributed by atoms with Gasteiger partial charge in [0, 0.05) is 11.0 Å². The molecule has 7 heteroatoms. The Hall–Kier alpha value is -3.19. The molecular weight excluding hydrogens is 416 g/mol. The smallest absolute Gasteiger partial charge is 0.306 e. The van der Waals surface area contributed by atoms with Gasteiger partial charge in [0.05, 0.1) is 25.2 Å². The summed E-state index contributed by atoms with van der Waals surface area (Å²) in [5.41, 5.74) is 2.21. The number of thioether (sulfide) groups is 1. The molecule has 0 fully saturated rings. The SMILES string of the molecule is COC(=O)C[C@@H](c1cccc(O)c1)c1oc(CSc2ccc(C)cc2C)cc(=O)c1O. The van der Waals surface area contributed by atoms with Gasteiger partial charge < -0.3 is 19.4 Å².